The molecular weight excluding hydrogens is 211 g/mol. The van der Waals surface area contributed by atoms with Gasteiger partial charge in [0.05, 0.1) is 0 Å². The van der Waals surface area contributed by atoms with Gasteiger partial charge in [-0.05, 0) is 12.5 Å². The van der Waals surface area contributed by atoms with E-state index in [-0.39, 0.29) is 12.6 Å². The molecule has 0 aliphatic carbocycles. The van der Waals surface area contributed by atoms with E-state index in [1.807, 2.05) is 0 Å². The SMILES string of the molecule is OCCCNc1nccc(C(F)(F)F)n1. The predicted molar refractivity (Wildman–Crippen MR) is 47.2 cm³/mol. The zero-order chi connectivity index (χ0) is 11.3. The second-order valence-corrected chi connectivity index (χ2v) is 2.77. The lowest BCUT2D eigenvalue weighted by atomic mass is 10.4. The van der Waals surface area contributed by atoms with E-state index in [1.54, 1.807) is 0 Å². The third-order valence-electron chi connectivity index (χ3n) is 1.56. The number of aromatic nitrogens is 2. The molecule has 1 heterocycles. The van der Waals surface area contributed by atoms with Gasteiger partial charge in [-0.3, -0.25) is 0 Å². The van der Waals surface area contributed by atoms with Crippen molar-refractivity contribution in [1.82, 2.24) is 9.97 Å². The average Bonchev–Trinajstić information content (AvgIpc) is 2.17. The van der Waals surface area contributed by atoms with Crippen molar-refractivity contribution >= 4 is 5.95 Å². The predicted octanol–water partition coefficient (Wildman–Crippen LogP) is 1.29. The highest BCUT2D eigenvalue weighted by Crippen LogP contribution is 2.27. The van der Waals surface area contributed by atoms with Gasteiger partial charge in [-0.2, -0.15) is 13.2 Å². The number of aliphatic hydroxyl groups excluding tert-OH is 1. The van der Waals surface area contributed by atoms with Gasteiger partial charge in [0.2, 0.25) is 5.95 Å². The van der Waals surface area contributed by atoms with Gasteiger partial charge >= 0.3 is 6.18 Å². The van der Waals surface area contributed by atoms with Crippen LogP contribution in [0.5, 0.6) is 0 Å². The number of rotatable bonds is 4. The van der Waals surface area contributed by atoms with E-state index in [0.717, 1.165) is 12.3 Å². The number of anilines is 1. The normalized spacial score (nSPS) is 11.5. The van der Waals surface area contributed by atoms with E-state index in [1.165, 1.54) is 0 Å². The van der Waals surface area contributed by atoms with E-state index >= 15 is 0 Å². The van der Waals surface area contributed by atoms with Crippen LogP contribution in [0.3, 0.4) is 0 Å². The summed E-state index contributed by atoms with van der Waals surface area (Å²) in [7, 11) is 0. The zero-order valence-corrected chi connectivity index (χ0v) is 7.75. The summed E-state index contributed by atoms with van der Waals surface area (Å²) in [6, 6.07) is 0.803. The maximum absolute atomic E-state index is 12.2. The van der Waals surface area contributed by atoms with Gasteiger partial charge in [-0.25, -0.2) is 9.97 Å². The summed E-state index contributed by atoms with van der Waals surface area (Å²) < 4.78 is 36.6. The van der Waals surface area contributed by atoms with Crippen molar-refractivity contribution in [2.75, 3.05) is 18.5 Å². The van der Waals surface area contributed by atoms with E-state index in [4.69, 9.17) is 5.11 Å². The summed E-state index contributed by atoms with van der Waals surface area (Å²) >= 11 is 0. The molecule has 0 amide bonds. The number of alkyl halides is 3. The fraction of sp³-hybridized carbons (Fsp3) is 0.500. The highest BCUT2D eigenvalue weighted by atomic mass is 19.4. The maximum Gasteiger partial charge on any atom is 0.433 e. The first kappa shape index (κ1) is 11.7. The maximum atomic E-state index is 12.2. The number of hydrogen-bond donors (Lipinski definition) is 2. The second kappa shape index (κ2) is 4.92. The Morgan fingerprint density at radius 2 is 2.13 bits per heavy atom. The number of halogens is 3. The summed E-state index contributed by atoms with van der Waals surface area (Å²) in [6.07, 6.45) is -2.99. The Morgan fingerprint density at radius 3 is 2.73 bits per heavy atom. The molecule has 0 aliphatic heterocycles. The molecule has 0 saturated heterocycles. The largest absolute Gasteiger partial charge is 0.433 e. The third kappa shape index (κ3) is 3.70. The minimum Gasteiger partial charge on any atom is -0.396 e. The summed E-state index contributed by atoms with van der Waals surface area (Å²) in [5, 5.41) is 11.0. The smallest absolute Gasteiger partial charge is 0.396 e. The first-order chi connectivity index (χ1) is 7.04. The topological polar surface area (TPSA) is 58.0 Å². The van der Waals surface area contributed by atoms with Crippen LogP contribution < -0.4 is 5.32 Å². The van der Waals surface area contributed by atoms with Crippen molar-refractivity contribution in [1.29, 1.82) is 0 Å². The third-order valence-corrected chi connectivity index (χ3v) is 1.56. The Hall–Kier alpha value is -1.37. The molecule has 0 spiro atoms. The fourth-order valence-electron chi connectivity index (χ4n) is 0.881. The Labute approximate surface area is 84.2 Å². The lowest BCUT2D eigenvalue weighted by molar-refractivity contribution is -0.141. The Balaban J connectivity index is 2.66. The van der Waals surface area contributed by atoms with Crippen LogP contribution in [0.1, 0.15) is 12.1 Å². The Bertz CT molecular complexity index is 316. The lowest BCUT2D eigenvalue weighted by Gasteiger charge is -2.07. The first-order valence-corrected chi connectivity index (χ1v) is 4.29. The average molecular weight is 221 g/mol. The standard InChI is InChI=1S/C8H10F3N3O/c9-8(10,11)6-2-4-13-7(14-6)12-3-1-5-15/h2,4,15H,1,3,5H2,(H,12,13,14). The highest BCUT2D eigenvalue weighted by molar-refractivity contribution is 5.25. The molecule has 0 saturated carbocycles. The molecule has 4 nitrogen and oxygen atoms in total. The highest BCUT2D eigenvalue weighted by Gasteiger charge is 2.32. The van der Waals surface area contributed by atoms with Crippen molar-refractivity contribution in [3.8, 4) is 0 Å². The van der Waals surface area contributed by atoms with Gasteiger partial charge in [0.15, 0.2) is 0 Å². The van der Waals surface area contributed by atoms with Crippen molar-refractivity contribution < 1.29 is 18.3 Å². The van der Waals surface area contributed by atoms with E-state index < -0.39 is 11.9 Å². The van der Waals surface area contributed by atoms with Crippen LogP contribution in [0, 0.1) is 0 Å². The number of aliphatic hydroxyl groups is 1. The van der Waals surface area contributed by atoms with Crippen LogP contribution in [0.2, 0.25) is 0 Å². The van der Waals surface area contributed by atoms with Gasteiger partial charge in [0.1, 0.15) is 5.69 Å². The molecule has 0 fully saturated rings. The summed E-state index contributed by atoms with van der Waals surface area (Å²) in [4.78, 5) is 6.91. The molecule has 0 radical (unpaired) electrons. The Kier molecular flexibility index (Phi) is 3.84. The van der Waals surface area contributed by atoms with Crippen LogP contribution in [0.25, 0.3) is 0 Å². The molecule has 2 N–H and O–H groups in total. The Morgan fingerprint density at radius 1 is 1.40 bits per heavy atom. The zero-order valence-electron chi connectivity index (χ0n) is 7.75. The molecule has 0 aliphatic rings. The van der Waals surface area contributed by atoms with E-state index in [2.05, 4.69) is 15.3 Å². The number of nitrogens with zero attached hydrogens (tertiary/aromatic N) is 2. The van der Waals surface area contributed by atoms with E-state index in [0.29, 0.717) is 13.0 Å². The quantitative estimate of drug-likeness (QED) is 0.752. The fourth-order valence-corrected chi connectivity index (χ4v) is 0.881. The van der Waals surface area contributed by atoms with Crippen molar-refractivity contribution in [3.63, 3.8) is 0 Å². The number of hydrogen-bond acceptors (Lipinski definition) is 4. The molecule has 15 heavy (non-hydrogen) atoms. The summed E-state index contributed by atoms with van der Waals surface area (Å²) in [6.45, 7) is 0.295. The van der Waals surface area contributed by atoms with Crippen LogP contribution in [-0.4, -0.2) is 28.2 Å². The van der Waals surface area contributed by atoms with Gasteiger partial charge in [0.25, 0.3) is 0 Å². The second-order valence-electron chi connectivity index (χ2n) is 2.77. The van der Waals surface area contributed by atoms with Crippen LogP contribution in [0.15, 0.2) is 12.3 Å². The molecule has 7 heteroatoms. The minimum atomic E-state index is -4.46. The van der Waals surface area contributed by atoms with Gasteiger partial charge < -0.3 is 10.4 Å². The lowest BCUT2D eigenvalue weighted by Crippen LogP contribution is -2.12. The van der Waals surface area contributed by atoms with Crippen LogP contribution >= 0.6 is 0 Å². The van der Waals surface area contributed by atoms with Crippen LogP contribution in [0.4, 0.5) is 19.1 Å². The van der Waals surface area contributed by atoms with Crippen molar-refractivity contribution in [3.05, 3.63) is 18.0 Å². The molecule has 1 aromatic rings. The summed E-state index contributed by atoms with van der Waals surface area (Å²) in [5.74, 6) is -0.0849. The summed E-state index contributed by atoms with van der Waals surface area (Å²) in [5.41, 5.74) is -0.982. The molecule has 1 rings (SSSR count). The molecule has 0 atom stereocenters. The van der Waals surface area contributed by atoms with Crippen LogP contribution in [-0.2, 0) is 6.18 Å². The van der Waals surface area contributed by atoms with Gasteiger partial charge in [0, 0.05) is 19.3 Å². The first-order valence-electron chi connectivity index (χ1n) is 4.29. The molecule has 0 bridgehead atoms. The molecule has 1 aromatic heterocycles. The van der Waals surface area contributed by atoms with Gasteiger partial charge in [-0.1, -0.05) is 0 Å². The van der Waals surface area contributed by atoms with Crippen molar-refractivity contribution in [2.45, 2.75) is 12.6 Å². The molecule has 84 valence electrons. The molecule has 0 unspecified atom stereocenters. The van der Waals surface area contributed by atoms with E-state index in [9.17, 15) is 13.2 Å². The van der Waals surface area contributed by atoms with Crippen molar-refractivity contribution in [2.24, 2.45) is 0 Å². The number of nitrogens with one attached hydrogen (secondary N) is 1. The minimum absolute atomic E-state index is 0.0358. The monoisotopic (exact) mass is 221 g/mol. The molecular formula is C8H10F3N3O. The van der Waals surface area contributed by atoms with Gasteiger partial charge in [-0.15, -0.1) is 0 Å². The molecule has 0 aromatic carbocycles.